The van der Waals surface area contributed by atoms with Crippen LogP contribution in [0, 0.1) is 5.92 Å². The van der Waals surface area contributed by atoms with Gasteiger partial charge in [0.1, 0.15) is 0 Å². The number of hydrogen-bond donors (Lipinski definition) is 0. The van der Waals surface area contributed by atoms with Crippen LogP contribution in [0.25, 0.3) is 11.1 Å². The van der Waals surface area contributed by atoms with Gasteiger partial charge in [-0.05, 0) is 97.8 Å². The lowest BCUT2D eigenvalue weighted by Crippen LogP contribution is -2.12. The molecule has 4 rings (SSSR count). The molecule has 0 aromatic heterocycles. The van der Waals surface area contributed by atoms with E-state index >= 15 is 0 Å². The molecule has 0 heterocycles. The second-order valence-electron chi connectivity index (χ2n) is 9.53. The fourth-order valence-electron chi connectivity index (χ4n) is 5.51. The molecule has 30 heavy (non-hydrogen) atoms. The number of hydrogen-bond acceptors (Lipinski definition) is 0. The topological polar surface area (TPSA) is 0 Å². The minimum absolute atomic E-state index is 0.687. The van der Waals surface area contributed by atoms with Crippen molar-refractivity contribution in [1.29, 1.82) is 0 Å². The van der Waals surface area contributed by atoms with Gasteiger partial charge >= 0.3 is 0 Å². The van der Waals surface area contributed by atoms with Gasteiger partial charge in [0.05, 0.1) is 0 Å². The van der Waals surface area contributed by atoms with Crippen molar-refractivity contribution in [2.75, 3.05) is 0 Å². The summed E-state index contributed by atoms with van der Waals surface area (Å²) in [5, 5.41) is 0. The van der Waals surface area contributed by atoms with Crippen LogP contribution in [-0.4, -0.2) is 0 Å². The summed E-state index contributed by atoms with van der Waals surface area (Å²) < 4.78 is 0. The van der Waals surface area contributed by atoms with E-state index in [0.717, 1.165) is 18.3 Å². The lowest BCUT2D eigenvalue weighted by molar-refractivity contribution is 0.319. The van der Waals surface area contributed by atoms with Crippen LogP contribution in [0.2, 0.25) is 0 Å². The lowest BCUT2D eigenvalue weighted by Gasteiger charge is -2.28. The molecule has 1 saturated carbocycles. The largest absolute Gasteiger partial charge is 0.103 e. The molecule has 2 aliphatic carbocycles. The molecule has 1 fully saturated rings. The highest BCUT2D eigenvalue weighted by atomic mass is 14.3. The summed E-state index contributed by atoms with van der Waals surface area (Å²) >= 11 is 0. The molecule has 0 aliphatic heterocycles. The molecular weight excluding hydrogens is 360 g/mol. The van der Waals surface area contributed by atoms with Gasteiger partial charge in [-0.3, -0.25) is 0 Å². The Hall–Kier alpha value is -2.08. The Labute approximate surface area is 184 Å². The minimum atomic E-state index is 0.687. The molecule has 0 N–H and O–H groups in total. The molecule has 1 unspecified atom stereocenters. The Balaban J connectivity index is 1.36. The zero-order valence-electron chi connectivity index (χ0n) is 18.8. The third-order valence-corrected chi connectivity index (χ3v) is 7.70. The van der Waals surface area contributed by atoms with Gasteiger partial charge in [-0.25, -0.2) is 0 Å². The fourth-order valence-corrected chi connectivity index (χ4v) is 5.51. The van der Waals surface area contributed by atoms with Crippen LogP contribution in [0.3, 0.4) is 0 Å². The van der Waals surface area contributed by atoms with Gasteiger partial charge in [0, 0.05) is 0 Å². The molecule has 1 atom stereocenters. The third-order valence-electron chi connectivity index (χ3n) is 7.70. The normalized spacial score (nSPS) is 24.3. The van der Waals surface area contributed by atoms with Crippen LogP contribution >= 0.6 is 0 Å². The Bertz CT molecular complexity index is 829. The summed E-state index contributed by atoms with van der Waals surface area (Å²) in [6.07, 6.45) is 17.5. The summed E-state index contributed by atoms with van der Waals surface area (Å²) in [7, 11) is 0. The van der Waals surface area contributed by atoms with E-state index in [1.54, 1.807) is 11.1 Å². The van der Waals surface area contributed by atoms with Gasteiger partial charge in [-0.1, -0.05) is 79.6 Å². The molecule has 2 aromatic rings. The van der Waals surface area contributed by atoms with Gasteiger partial charge in [0.2, 0.25) is 0 Å². The first-order valence-corrected chi connectivity index (χ1v) is 12.3. The summed E-state index contributed by atoms with van der Waals surface area (Å²) in [6, 6.07) is 18.8. The number of benzene rings is 2. The molecule has 0 bridgehead atoms. The van der Waals surface area contributed by atoms with Crippen molar-refractivity contribution < 1.29 is 0 Å². The maximum Gasteiger partial charge on any atom is -0.0124 e. The van der Waals surface area contributed by atoms with Crippen LogP contribution < -0.4 is 0 Å². The van der Waals surface area contributed by atoms with E-state index in [4.69, 9.17) is 0 Å². The van der Waals surface area contributed by atoms with Crippen LogP contribution in [0.4, 0.5) is 0 Å². The maximum atomic E-state index is 3.85. The Morgan fingerprint density at radius 3 is 1.90 bits per heavy atom. The molecule has 2 aromatic carbocycles. The first-order valence-electron chi connectivity index (χ1n) is 12.3. The van der Waals surface area contributed by atoms with Crippen LogP contribution in [0.1, 0.15) is 94.1 Å². The molecule has 0 amide bonds. The second-order valence-corrected chi connectivity index (χ2v) is 9.53. The van der Waals surface area contributed by atoms with Crippen molar-refractivity contribution in [3.8, 4) is 11.1 Å². The van der Waals surface area contributed by atoms with Crippen molar-refractivity contribution in [3.05, 3.63) is 84.0 Å². The van der Waals surface area contributed by atoms with Crippen LogP contribution in [0.5, 0.6) is 0 Å². The molecule has 0 spiro atoms. The Kier molecular flexibility index (Phi) is 7.26. The number of rotatable bonds is 7. The zero-order valence-corrected chi connectivity index (χ0v) is 18.8. The summed E-state index contributed by atoms with van der Waals surface area (Å²) in [5.74, 6) is 2.43. The van der Waals surface area contributed by atoms with E-state index in [2.05, 4.69) is 68.1 Å². The summed E-state index contributed by atoms with van der Waals surface area (Å²) in [6.45, 7) is 6.19. The van der Waals surface area contributed by atoms with E-state index in [-0.39, 0.29) is 0 Å². The molecule has 2 aliphatic rings. The molecule has 0 heteroatoms. The average molecular weight is 399 g/mol. The van der Waals surface area contributed by atoms with Gasteiger partial charge in [0.25, 0.3) is 0 Å². The average Bonchev–Trinajstić information content (AvgIpc) is 2.83. The van der Waals surface area contributed by atoms with Gasteiger partial charge < -0.3 is 0 Å². The first kappa shape index (κ1) is 21.2. The maximum absolute atomic E-state index is 3.85. The highest BCUT2D eigenvalue weighted by Crippen LogP contribution is 2.38. The molecular formula is C30H38. The Morgan fingerprint density at radius 2 is 1.40 bits per heavy atom. The summed E-state index contributed by atoms with van der Waals surface area (Å²) in [4.78, 5) is 0. The monoisotopic (exact) mass is 398 g/mol. The second kappa shape index (κ2) is 10.3. The predicted molar refractivity (Wildman–Crippen MR) is 131 cm³/mol. The van der Waals surface area contributed by atoms with Crippen LogP contribution in [-0.2, 0) is 0 Å². The molecule has 0 nitrogen and oxygen atoms in total. The highest BCUT2D eigenvalue weighted by Gasteiger charge is 2.21. The summed E-state index contributed by atoms with van der Waals surface area (Å²) in [5.41, 5.74) is 7.38. The first-order chi connectivity index (χ1) is 14.8. The minimum Gasteiger partial charge on any atom is -0.103 e. The Morgan fingerprint density at radius 1 is 0.800 bits per heavy atom. The van der Waals surface area contributed by atoms with E-state index in [9.17, 15) is 0 Å². The van der Waals surface area contributed by atoms with Crippen molar-refractivity contribution in [2.24, 2.45) is 5.92 Å². The zero-order chi connectivity index (χ0) is 20.8. The predicted octanol–water partition coefficient (Wildman–Crippen LogP) is 9.20. The lowest BCUT2D eigenvalue weighted by atomic mass is 9.77. The van der Waals surface area contributed by atoms with Crippen molar-refractivity contribution in [1.82, 2.24) is 0 Å². The van der Waals surface area contributed by atoms with E-state index in [1.807, 2.05) is 6.08 Å². The third kappa shape index (κ3) is 5.15. The van der Waals surface area contributed by atoms with Gasteiger partial charge in [0.15, 0.2) is 0 Å². The fraction of sp³-hybridized carbons (Fsp3) is 0.467. The van der Waals surface area contributed by atoms with Crippen molar-refractivity contribution in [3.63, 3.8) is 0 Å². The molecule has 0 saturated heterocycles. The SMILES string of the molecule is C=CCCC1=CCC(c2ccc(-c3ccc(C4CCC(CC)CC4)cc3)cc2)CC1. The smallest absolute Gasteiger partial charge is 0.0124 e. The van der Waals surface area contributed by atoms with Gasteiger partial charge in [-0.15, -0.1) is 6.58 Å². The number of allylic oxidation sites excluding steroid dienone is 3. The van der Waals surface area contributed by atoms with E-state index in [0.29, 0.717) is 5.92 Å². The van der Waals surface area contributed by atoms with E-state index in [1.165, 1.54) is 74.5 Å². The quantitative estimate of drug-likeness (QED) is 0.408. The molecule has 158 valence electrons. The van der Waals surface area contributed by atoms with E-state index < -0.39 is 0 Å². The van der Waals surface area contributed by atoms with Crippen molar-refractivity contribution >= 4 is 0 Å². The molecule has 0 radical (unpaired) electrons. The van der Waals surface area contributed by atoms with Crippen LogP contribution in [0.15, 0.2) is 72.8 Å². The van der Waals surface area contributed by atoms with Gasteiger partial charge in [-0.2, -0.15) is 0 Å². The standard InChI is InChI=1S/C30H38/c1-3-5-6-24-9-13-26(14-10-24)28-17-21-30(22-18-28)29-19-15-27(16-20-29)25-11-7-23(4-2)8-12-25/h3,9,15-23,25-26H,1,4-8,10-14H2,2H3. The highest BCUT2D eigenvalue weighted by molar-refractivity contribution is 5.64. The van der Waals surface area contributed by atoms with Crippen molar-refractivity contribution in [2.45, 2.75) is 83.0 Å².